The monoisotopic (exact) mass is 439 g/mol. The Labute approximate surface area is 185 Å². The molecular weight excluding hydrogens is 418 g/mol. The summed E-state index contributed by atoms with van der Waals surface area (Å²) >= 11 is 7.58. The lowest BCUT2D eigenvalue weighted by atomic mass is 10.1. The number of hydrogen-bond acceptors (Lipinski definition) is 4. The number of nitrogens with one attached hydrogen (secondary N) is 2. The predicted molar refractivity (Wildman–Crippen MR) is 122 cm³/mol. The first-order chi connectivity index (χ1) is 14.5. The van der Waals surface area contributed by atoms with Crippen LogP contribution in [0.4, 0.5) is 5.69 Å². The Kier molecular flexibility index (Phi) is 7.49. The first kappa shape index (κ1) is 21.9. The number of aromatic nitrogens is 1. The normalized spacial score (nSPS) is 10.5. The maximum atomic E-state index is 13.0. The van der Waals surface area contributed by atoms with Crippen molar-refractivity contribution in [2.24, 2.45) is 0 Å². The van der Waals surface area contributed by atoms with Crippen LogP contribution in [-0.2, 0) is 0 Å². The lowest BCUT2D eigenvalue weighted by Crippen LogP contribution is -2.28. The number of nitrogens with zero attached hydrogens (tertiary/aromatic N) is 1. The van der Waals surface area contributed by atoms with Crippen molar-refractivity contribution in [1.29, 1.82) is 0 Å². The smallest absolute Gasteiger partial charge is 0.270 e. The Morgan fingerprint density at radius 1 is 1.00 bits per heavy atom. The maximum Gasteiger partial charge on any atom is 0.270 e. The molecule has 3 aromatic rings. The molecule has 0 fully saturated rings. The van der Waals surface area contributed by atoms with E-state index in [1.165, 1.54) is 11.8 Å². The minimum absolute atomic E-state index is 0.0987. The molecule has 0 aliphatic rings. The van der Waals surface area contributed by atoms with Gasteiger partial charge in [-0.2, -0.15) is 0 Å². The zero-order chi connectivity index (χ0) is 21.5. The van der Waals surface area contributed by atoms with Crippen molar-refractivity contribution in [3.05, 3.63) is 82.5 Å². The molecule has 2 N–H and O–H groups in total. The van der Waals surface area contributed by atoms with E-state index >= 15 is 0 Å². The van der Waals surface area contributed by atoms with Gasteiger partial charge in [0.2, 0.25) is 0 Å². The highest BCUT2D eigenvalue weighted by molar-refractivity contribution is 7.99. The number of benzene rings is 2. The third-order valence-corrected chi connectivity index (χ3v) is 5.70. The van der Waals surface area contributed by atoms with Crippen molar-refractivity contribution in [2.75, 3.05) is 11.9 Å². The van der Waals surface area contributed by atoms with Crippen LogP contribution in [0.25, 0.3) is 0 Å². The molecule has 0 atom stereocenters. The molecule has 2 amide bonds. The molecule has 30 heavy (non-hydrogen) atoms. The van der Waals surface area contributed by atoms with Gasteiger partial charge in [-0.25, -0.2) is 4.98 Å². The average molecular weight is 440 g/mol. The SMILES string of the molecule is CCCNC(=O)c1nc(Sc2ccccc2)ccc1C(=O)Nc1cccc(Cl)c1C. The highest BCUT2D eigenvalue weighted by Gasteiger charge is 2.20. The van der Waals surface area contributed by atoms with E-state index in [9.17, 15) is 9.59 Å². The van der Waals surface area contributed by atoms with Crippen molar-refractivity contribution >= 4 is 40.9 Å². The van der Waals surface area contributed by atoms with E-state index in [2.05, 4.69) is 15.6 Å². The minimum atomic E-state index is -0.411. The van der Waals surface area contributed by atoms with Gasteiger partial charge in [0.05, 0.1) is 5.56 Å². The molecule has 0 aliphatic carbocycles. The van der Waals surface area contributed by atoms with Gasteiger partial charge in [-0.1, -0.05) is 54.6 Å². The second-order valence-corrected chi connectivity index (χ2v) is 8.08. The van der Waals surface area contributed by atoms with Gasteiger partial charge in [-0.05, 0) is 55.3 Å². The molecule has 0 unspecified atom stereocenters. The summed E-state index contributed by atoms with van der Waals surface area (Å²) < 4.78 is 0. The molecule has 5 nitrogen and oxygen atoms in total. The third-order valence-electron chi connectivity index (χ3n) is 4.35. The summed E-state index contributed by atoms with van der Waals surface area (Å²) in [6.07, 6.45) is 0.785. The number of pyridine rings is 1. The lowest BCUT2D eigenvalue weighted by Gasteiger charge is -2.13. The van der Waals surface area contributed by atoms with Gasteiger partial charge in [-0.3, -0.25) is 9.59 Å². The maximum absolute atomic E-state index is 13.0. The Morgan fingerprint density at radius 2 is 1.77 bits per heavy atom. The zero-order valence-corrected chi connectivity index (χ0v) is 18.3. The van der Waals surface area contributed by atoms with Crippen LogP contribution >= 0.6 is 23.4 Å². The summed E-state index contributed by atoms with van der Waals surface area (Å²) in [6, 6.07) is 18.4. The van der Waals surface area contributed by atoms with Crippen molar-refractivity contribution in [3.63, 3.8) is 0 Å². The summed E-state index contributed by atoms with van der Waals surface area (Å²) in [5, 5.41) is 6.84. The number of hydrogen-bond donors (Lipinski definition) is 2. The summed E-state index contributed by atoms with van der Waals surface area (Å²) in [5.74, 6) is -0.786. The molecule has 3 rings (SSSR count). The molecule has 0 saturated heterocycles. The molecule has 1 heterocycles. The fourth-order valence-electron chi connectivity index (χ4n) is 2.72. The second kappa shape index (κ2) is 10.3. The van der Waals surface area contributed by atoms with Gasteiger partial charge in [0.25, 0.3) is 11.8 Å². The van der Waals surface area contributed by atoms with Crippen molar-refractivity contribution in [2.45, 2.75) is 30.2 Å². The highest BCUT2D eigenvalue weighted by atomic mass is 35.5. The van der Waals surface area contributed by atoms with Gasteiger partial charge in [0, 0.05) is 22.2 Å². The number of carbonyl (C=O) groups is 2. The van der Waals surface area contributed by atoms with Crippen LogP contribution in [0.3, 0.4) is 0 Å². The van der Waals surface area contributed by atoms with E-state index in [1.807, 2.05) is 44.2 Å². The van der Waals surface area contributed by atoms with E-state index < -0.39 is 5.91 Å². The molecule has 0 bridgehead atoms. The number of halogens is 1. The summed E-state index contributed by atoms with van der Waals surface area (Å²) in [5.41, 5.74) is 1.66. The van der Waals surface area contributed by atoms with Crippen LogP contribution in [-0.4, -0.2) is 23.3 Å². The van der Waals surface area contributed by atoms with Crippen LogP contribution in [0.15, 0.2) is 70.6 Å². The Morgan fingerprint density at radius 3 is 2.50 bits per heavy atom. The first-order valence-electron chi connectivity index (χ1n) is 9.58. The fraction of sp³-hybridized carbons (Fsp3) is 0.174. The standard InChI is InChI=1S/C23H22ClN3O2S/c1-3-14-25-23(29)21-17(22(28)26-19-11-7-10-18(24)15(19)2)12-13-20(27-21)30-16-8-5-4-6-9-16/h4-13H,3,14H2,1-2H3,(H,25,29)(H,26,28). The van der Waals surface area contributed by atoms with E-state index in [4.69, 9.17) is 11.6 Å². The predicted octanol–water partition coefficient (Wildman–Crippen LogP) is 5.59. The van der Waals surface area contributed by atoms with Gasteiger partial charge in [0.15, 0.2) is 0 Å². The van der Waals surface area contributed by atoms with Crippen molar-refractivity contribution < 1.29 is 9.59 Å². The molecule has 1 aromatic heterocycles. The molecule has 154 valence electrons. The van der Waals surface area contributed by atoms with E-state index in [-0.39, 0.29) is 17.2 Å². The molecule has 0 aliphatic heterocycles. The number of rotatable bonds is 7. The fourth-order valence-corrected chi connectivity index (χ4v) is 3.70. The van der Waals surface area contributed by atoms with Crippen molar-refractivity contribution in [1.82, 2.24) is 10.3 Å². The number of carbonyl (C=O) groups excluding carboxylic acids is 2. The quantitative estimate of drug-likeness (QED) is 0.503. The minimum Gasteiger partial charge on any atom is -0.351 e. The molecule has 0 saturated carbocycles. The number of amides is 2. The topological polar surface area (TPSA) is 71.1 Å². The summed E-state index contributed by atoms with van der Waals surface area (Å²) in [6.45, 7) is 4.29. The second-order valence-electron chi connectivity index (χ2n) is 6.58. The molecule has 7 heteroatoms. The summed E-state index contributed by atoms with van der Waals surface area (Å²) in [7, 11) is 0. The van der Waals surface area contributed by atoms with Crippen LogP contribution in [0, 0.1) is 6.92 Å². The molecule has 0 radical (unpaired) electrons. The lowest BCUT2D eigenvalue weighted by molar-refractivity contribution is 0.0934. The van der Waals surface area contributed by atoms with Gasteiger partial charge < -0.3 is 10.6 Å². The summed E-state index contributed by atoms with van der Waals surface area (Å²) in [4.78, 5) is 31.2. The van der Waals surface area contributed by atoms with Gasteiger partial charge in [0.1, 0.15) is 10.7 Å². The third kappa shape index (κ3) is 5.40. The highest BCUT2D eigenvalue weighted by Crippen LogP contribution is 2.28. The van der Waals surface area contributed by atoms with Gasteiger partial charge >= 0.3 is 0 Å². The average Bonchev–Trinajstić information content (AvgIpc) is 2.76. The van der Waals surface area contributed by atoms with E-state index in [0.29, 0.717) is 22.3 Å². The van der Waals surface area contributed by atoms with E-state index in [1.54, 1.807) is 30.3 Å². The Hall–Kier alpha value is -2.83. The Bertz CT molecular complexity index is 1060. The molecule has 0 spiro atoms. The van der Waals surface area contributed by atoms with Crippen molar-refractivity contribution in [3.8, 4) is 0 Å². The van der Waals surface area contributed by atoms with Gasteiger partial charge in [-0.15, -0.1) is 0 Å². The van der Waals surface area contributed by atoms with Crippen LogP contribution in [0.5, 0.6) is 0 Å². The van der Waals surface area contributed by atoms with E-state index in [0.717, 1.165) is 16.9 Å². The van der Waals surface area contributed by atoms with Crippen LogP contribution < -0.4 is 10.6 Å². The number of anilines is 1. The molecule has 2 aromatic carbocycles. The Balaban J connectivity index is 1.92. The van der Waals surface area contributed by atoms with Crippen LogP contribution in [0.1, 0.15) is 39.8 Å². The largest absolute Gasteiger partial charge is 0.351 e. The van der Waals surface area contributed by atoms with Crippen LogP contribution in [0.2, 0.25) is 5.02 Å². The zero-order valence-electron chi connectivity index (χ0n) is 16.7. The molecular formula is C23H22ClN3O2S. The first-order valence-corrected chi connectivity index (χ1v) is 10.8.